The van der Waals surface area contributed by atoms with E-state index in [4.69, 9.17) is 0 Å². The lowest BCUT2D eigenvalue weighted by molar-refractivity contribution is -0.157. The SMILES string of the molecule is O=C1CC2(CCCC2)CC(=O)N1[C@@H](CN1CCN(c2cc(F)c(F)cc2F)CC1)c1ccccc1. The molecular formula is C27H30F3N3O2. The first-order chi connectivity index (χ1) is 16.8. The fraction of sp³-hybridized carbons (Fsp3) is 0.481. The summed E-state index contributed by atoms with van der Waals surface area (Å²) in [6, 6.07) is 10.7. The van der Waals surface area contributed by atoms with Crippen LogP contribution < -0.4 is 4.90 Å². The Morgan fingerprint density at radius 1 is 0.800 bits per heavy atom. The number of piperidine rings is 1. The average molecular weight is 486 g/mol. The Hall–Kier alpha value is -2.87. The van der Waals surface area contributed by atoms with Gasteiger partial charge in [-0.2, -0.15) is 0 Å². The van der Waals surface area contributed by atoms with E-state index < -0.39 is 23.5 Å². The Labute approximate surface area is 203 Å². The number of benzene rings is 2. The summed E-state index contributed by atoms with van der Waals surface area (Å²) >= 11 is 0. The molecule has 2 saturated heterocycles. The molecule has 0 radical (unpaired) electrons. The Kier molecular flexibility index (Phi) is 6.57. The standard InChI is InChI=1S/C27H30F3N3O2/c28-20-14-22(30)23(15-21(20)29)32-12-10-31(11-13-32)18-24(19-6-2-1-3-7-19)33-25(34)16-27(17-26(33)35)8-4-5-9-27/h1-3,6-7,14-15,24H,4-5,8-13,16-18H2/t24-/m0/s1. The van der Waals surface area contributed by atoms with E-state index in [9.17, 15) is 22.8 Å². The van der Waals surface area contributed by atoms with Gasteiger partial charge in [-0.25, -0.2) is 13.2 Å². The third-order valence-electron chi connectivity index (χ3n) is 7.88. The smallest absolute Gasteiger partial charge is 0.230 e. The fourth-order valence-electron chi connectivity index (χ4n) is 6.02. The maximum absolute atomic E-state index is 14.3. The molecule has 0 unspecified atom stereocenters. The quantitative estimate of drug-likeness (QED) is 0.456. The van der Waals surface area contributed by atoms with Crippen molar-refractivity contribution in [3.63, 3.8) is 0 Å². The third kappa shape index (κ3) is 4.81. The van der Waals surface area contributed by atoms with Gasteiger partial charge in [-0.05, 0) is 23.8 Å². The lowest BCUT2D eigenvalue weighted by Crippen LogP contribution is -2.53. The first-order valence-corrected chi connectivity index (χ1v) is 12.4. The van der Waals surface area contributed by atoms with Crippen LogP contribution in [0.4, 0.5) is 18.9 Å². The lowest BCUT2D eigenvalue weighted by Gasteiger charge is -2.43. The minimum Gasteiger partial charge on any atom is -0.367 e. The van der Waals surface area contributed by atoms with E-state index in [0.717, 1.165) is 37.3 Å². The van der Waals surface area contributed by atoms with Gasteiger partial charge < -0.3 is 4.90 Å². The van der Waals surface area contributed by atoms with Gasteiger partial charge in [0.2, 0.25) is 11.8 Å². The number of anilines is 1. The zero-order valence-corrected chi connectivity index (χ0v) is 19.7. The number of piperazine rings is 1. The van der Waals surface area contributed by atoms with E-state index in [2.05, 4.69) is 4.90 Å². The highest BCUT2D eigenvalue weighted by Gasteiger charge is 2.47. The van der Waals surface area contributed by atoms with Crippen LogP contribution in [0.2, 0.25) is 0 Å². The summed E-state index contributed by atoms with van der Waals surface area (Å²) in [7, 11) is 0. The van der Waals surface area contributed by atoms with E-state index in [1.165, 1.54) is 4.90 Å². The number of amides is 2. The second-order valence-corrected chi connectivity index (χ2v) is 10.2. The second kappa shape index (κ2) is 9.64. The van der Waals surface area contributed by atoms with E-state index in [-0.39, 0.29) is 22.9 Å². The minimum atomic E-state index is -1.20. The summed E-state index contributed by atoms with van der Waals surface area (Å²) in [4.78, 5) is 32.0. The number of imide groups is 1. The molecule has 1 saturated carbocycles. The Balaban J connectivity index is 1.31. The second-order valence-electron chi connectivity index (χ2n) is 10.2. The molecule has 1 aliphatic carbocycles. The number of rotatable bonds is 5. The molecular weight excluding hydrogens is 455 g/mol. The van der Waals surface area contributed by atoms with Crippen molar-refractivity contribution in [2.75, 3.05) is 37.6 Å². The molecule has 0 bridgehead atoms. The molecule has 0 N–H and O–H groups in total. The summed E-state index contributed by atoms with van der Waals surface area (Å²) in [5.74, 6) is -3.26. The van der Waals surface area contributed by atoms with Crippen LogP contribution in [0.1, 0.15) is 50.1 Å². The molecule has 2 aromatic carbocycles. The number of hydrogen-bond donors (Lipinski definition) is 0. The van der Waals surface area contributed by atoms with Crippen molar-refractivity contribution in [1.82, 2.24) is 9.80 Å². The van der Waals surface area contributed by atoms with Gasteiger partial charge in [0.25, 0.3) is 0 Å². The monoisotopic (exact) mass is 485 g/mol. The molecule has 8 heteroatoms. The molecule has 186 valence electrons. The van der Waals surface area contributed by atoms with Gasteiger partial charge in [0.15, 0.2) is 11.6 Å². The summed E-state index contributed by atoms with van der Waals surface area (Å²) in [6.07, 6.45) is 4.88. The first kappa shape index (κ1) is 23.9. The zero-order chi connectivity index (χ0) is 24.6. The van der Waals surface area contributed by atoms with Gasteiger partial charge in [0, 0.05) is 57.7 Å². The van der Waals surface area contributed by atoms with Crippen molar-refractivity contribution in [2.24, 2.45) is 5.41 Å². The summed E-state index contributed by atoms with van der Waals surface area (Å²) in [5, 5.41) is 0. The van der Waals surface area contributed by atoms with Crippen molar-refractivity contribution in [1.29, 1.82) is 0 Å². The van der Waals surface area contributed by atoms with Crippen molar-refractivity contribution >= 4 is 17.5 Å². The van der Waals surface area contributed by atoms with Crippen molar-refractivity contribution in [3.8, 4) is 0 Å². The molecule has 5 rings (SSSR count). The number of carbonyl (C=O) groups excluding carboxylic acids is 2. The maximum atomic E-state index is 14.3. The van der Waals surface area contributed by atoms with E-state index >= 15 is 0 Å². The molecule has 1 spiro atoms. The topological polar surface area (TPSA) is 43.9 Å². The summed E-state index contributed by atoms with van der Waals surface area (Å²) < 4.78 is 41.3. The number of likely N-dealkylation sites (tertiary alicyclic amines) is 1. The largest absolute Gasteiger partial charge is 0.367 e. The van der Waals surface area contributed by atoms with Crippen LogP contribution in [0, 0.1) is 22.9 Å². The van der Waals surface area contributed by atoms with Crippen LogP contribution in [0.15, 0.2) is 42.5 Å². The molecule has 2 amide bonds. The maximum Gasteiger partial charge on any atom is 0.230 e. The molecule has 2 aromatic rings. The van der Waals surface area contributed by atoms with Crippen molar-refractivity contribution in [2.45, 2.75) is 44.6 Å². The lowest BCUT2D eigenvalue weighted by atomic mass is 9.76. The van der Waals surface area contributed by atoms with Gasteiger partial charge in [0.05, 0.1) is 11.7 Å². The third-order valence-corrected chi connectivity index (χ3v) is 7.88. The van der Waals surface area contributed by atoms with E-state index in [0.29, 0.717) is 51.6 Å². The molecule has 3 aliphatic rings. The highest BCUT2D eigenvalue weighted by Crippen LogP contribution is 2.48. The first-order valence-electron chi connectivity index (χ1n) is 12.4. The van der Waals surface area contributed by atoms with Crippen LogP contribution in [0.25, 0.3) is 0 Å². The Morgan fingerprint density at radius 3 is 2.03 bits per heavy atom. The van der Waals surface area contributed by atoms with Gasteiger partial charge in [-0.15, -0.1) is 0 Å². The number of hydrogen-bond acceptors (Lipinski definition) is 4. The predicted octanol–water partition coefficient (Wildman–Crippen LogP) is 4.68. The molecule has 5 nitrogen and oxygen atoms in total. The van der Waals surface area contributed by atoms with Gasteiger partial charge in [-0.3, -0.25) is 19.4 Å². The molecule has 2 aliphatic heterocycles. The van der Waals surface area contributed by atoms with Crippen LogP contribution >= 0.6 is 0 Å². The molecule has 3 fully saturated rings. The van der Waals surface area contributed by atoms with Gasteiger partial charge in [0.1, 0.15) is 5.82 Å². The Bertz CT molecular complexity index is 1080. The summed E-state index contributed by atoms with van der Waals surface area (Å²) in [6.45, 7) is 2.41. The highest BCUT2D eigenvalue weighted by atomic mass is 19.2. The molecule has 1 atom stereocenters. The number of halogens is 3. The predicted molar refractivity (Wildman–Crippen MR) is 126 cm³/mol. The van der Waals surface area contributed by atoms with Crippen molar-refractivity contribution < 1.29 is 22.8 Å². The number of nitrogens with zero attached hydrogens (tertiary/aromatic N) is 3. The van der Waals surface area contributed by atoms with E-state index in [1.54, 1.807) is 4.90 Å². The molecule has 2 heterocycles. The van der Waals surface area contributed by atoms with Gasteiger partial charge >= 0.3 is 0 Å². The summed E-state index contributed by atoms with van der Waals surface area (Å²) in [5.41, 5.74) is 0.795. The van der Waals surface area contributed by atoms with Gasteiger partial charge in [-0.1, -0.05) is 43.2 Å². The van der Waals surface area contributed by atoms with Crippen LogP contribution in [0.3, 0.4) is 0 Å². The Morgan fingerprint density at radius 2 is 1.40 bits per heavy atom. The van der Waals surface area contributed by atoms with E-state index in [1.807, 2.05) is 30.3 Å². The van der Waals surface area contributed by atoms with Crippen LogP contribution in [-0.4, -0.2) is 54.3 Å². The highest BCUT2D eigenvalue weighted by molar-refractivity contribution is 5.99. The van der Waals surface area contributed by atoms with Crippen LogP contribution in [-0.2, 0) is 9.59 Å². The average Bonchev–Trinajstić information content (AvgIpc) is 3.28. The molecule has 35 heavy (non-hydrogen) atoms. The normalized spacial score (nSPS) is 21.7. The zero-order valence-electron chi connectivity index (χ0n) is 19.7. The fourth-order valence-corrected chi connectivity index (χ4v) is 6.02. The van der Waals surface area contributed by atoms with Crippen LogP contribution in [0.5, 0.6) is 0 Å². The minimum absolute atomic E-state index is 0.0476. The molecule has 0 aromatic heterocycles. The number of carbonyl (C=O) groups is 2. The van der Waals surface area contributed by atoms with Crippen molar-refractivity contribution in [3.05, 3.63) is 65.5 Å².